The molecule has 0 aliphatic heterocycles. The highest BCUT2D eigenvalue weighted by molar-refractivity contribution is 7.98. The van der Waals surface area contributed by atoms with Crippen LogP contribution in [0, 0.1) is 0 Å². The number of oxime groups is 1. The van der Waals surface area contributed by atoms with Gasteiger partial charge in [0.1, 0.15) is 6.21 Å². The summed E-state index contributed by atoms with van der Waals surface area (Å²) in [4.78, 5) is 24.9. The Morgan fingerprint density at radius 1 is 1.45 bits per heavy atom. The Morgan fingerprint density at radius 3 is 3.05 bits per heavy atom. The molecule has 0 spiro atoms. The van der Waals surface area contributed by atoms with Gasteiger partial charge in [-0.2, -0.15) is 4.98 Å². The van der Waals surface area contributed by atoms with E-state index in [-0.39, 0.29) is 11.7 Å². The minimum atomic E-state index is -0.299. The fourth-order valence-electron chi connectivity index (χ4n) is 1.32. The number of aromatic nitrogens is 2. The molecular formula is C13H10ClN3O2S. The van der Waals surface area contributed by atoms with E-state index in [2.05, 4.69) is 15.1 Å². The van der Waals surface area contributed by atoms with E-state index in [0.717, 1.165) is 6.21 Å². The molecule has 1 heterocycles. The summed E-state index contributed by atoms with van der Waals surface area (Å²) in [6.07, 6.45) is 4.49. The van der Waals surface area contributed by atoms with Crippen LogP contribution < -0.4 is 4.84 Å². The molecule has 5 nitrogen and oxygen atoms in total. The lowest BCUT2D eigenvalue weighted by Gasteiger charge is -1.98. The van der Waals surface area contributed by atoms with Gasteiger partial charge in [-0.1, -0.05) is 40.7 Å². The monoisotopic (exact) mass is 307 g/mol. The maximum absolute atomic E-state index is 11.8. The van der Waals surface area contributed by atoms with Crippen molar-refractivity contribution in [2.75, 3.05) is 6.26 Å². The average molecular weight is 308 g/mol. The van der Waals surface area contributed by atoms with Gasteiger partial charge in [-0.25, -0.2) is 4.98 Å². The normalized spacial score (nSPS) is 10.7. The van der Waals surface area contributed by atoms with E-state index < -0.39 is 0 Å². The first-order valence-corrected chi connectivity index (χ1v) is 7.16. The third kappa shape index (κ3) is 4.04. The van der Waals surface area contributed by atoms with Crippen LogP contribution in [0.25, 0.3) is 0 Å². The number of hydrogen-bond acceptors (Lipinski definition) is 6. The van der Waals surface area contributed by atoms with Gasteiger partial charge in [-0.3, -0.25) is 4.79 Å². The molecule has 0 radical (unpaired) electrons. The Bertz CT molecular complexity index is 649. The Morgan fingerprint density at radius 2 is 2.30 bits per heavy atom. The van der Waals surface area contributed by atoms with Crippen molar-refractivity contribution < 1.29 is 9.63 Å². The van der Waals surface area contributed by atoms with Crippen molar-refractivity contribution >= 4 is 35.4 Å². The van der Waals surface area contributed by atoms with Crippen molar-refractivity contribution in [3.05, 3.63) is 47.1 Å². The summed E-state index contributed by atoms with van der Waals surface area (Å²) in [5.74, 6) is -0.0221. The molecule has 0 amide bonds. The van der Waals surface area contributed by atoms with Gasteiger partial charge in [0.2, 0.25) is 5.78 Å². The van der Waals surface area contributed by atoms with Crippen LogP contribution in [0.4, 0.5) is 0 Å². The molecule has 1 aromatic carbocycles. The lowest BCUT2D eigenvalue weighted by atomic mass is 10.1. The zero-order chi connectivity index (χ0) is 14.4. The molecular weight excluding hydrogens is 298 g/mol. The van der Waals surface area contributed by atoms with Crippen LogP contribution in [0.1, 0.15) is 10.4 Å². The summed E-state index contributed by atoms with van der Waals surface area (Å²) in [6.45, 7) is 0. The van der Waals surface area contributed by atoms with E-state index in [0.29, 0.717) is 15.7 Å². The molecule has 0 aliphatic rings. The van der Waals surface area contributed by atoms with Crippen molar-refractivity contribution in [3.63, 3.8) is 0 Å². The molecule has 0 saturated heterocycles. The quantitative estimate of drug-likeness (QED) is 0.279. The average Bonchev–Trinajstić information content (AvgIpc) is 2.47. The van der Waals surface area contributed by atoms with Crippen LogP contribution in [-0.2, 0) is 0 Å². The molecule has 2 rings (SSSR count). The van der Waals surface area contributed by atoms with E-state index >= 15 is 0 Å². The second kappa shape index (κ2) is 7.02. The molecule has 0 unspecified atom stereocenters. The van der Waals surface area contributed by atoms with Gasteiger partial charge in [0.05, 0.1) is 0 Å². The number of ketones is 1. The van der Waals surface area contributed by atoms with Crippen molar-refractivity contribution in [1.82, 2.24) is 9.97 Å². The van der Waals surface area contributed by atoms with Crippen molar-refractivity contribution in [3.8, 4) is 5.88 Å². The third-order valence-electron chi connectivity index (χ3n) is 2.22. The Balaban J connectivity index is 2.01. The molecule has 0 fully saturated rings. The summed E-state index contributed by atoms with van der Waals surface area (Å²) in [7, 11) is 0. The second-order valence-corrected chi connectivity index (χ2v) is 4.79. The minimum absolute atomic E-state index is 0.277. The van der Waals surface area contributed by atoms with Gasteiger partial charge in [-0.15, -0.1) is 0 Å². The number of carbonyl (C=O) groups is 1. The summed E-state index contributed by atoms with van der Waals surface area (Å²) >= 11 is 7.19. The van der Waals surface area contributed by atoms with Gasteiger partial charge < -0.3 is 4.84 Å². The molecule has 0 N–H and O–H groups in total. The molecule has 0 aliphatic carbocycles. The predicted molar refractivity (Wildman–Crippen MR) is 78.7 cm³/mol. The number of carbonyl (C=O) groups excluding carboxylic acids is 1. The molecule has 0 bridgehead atoms. The largest absolute Gasteiger partial charge is 0.336 e. The van der Waals surface area contributed by atoms with Crippen molar-refractivity contribution in [2.45, 2.75) is 5.16 Å². The number of nitrogens with zero attached hydrogens (tertiary/aromatic N) is 3. The third-order valence-corrected chi connectivity index (χ3v) is 3.01. The van der Waals surface area contributed by atoms with Crippen LogP contribution in [0.3, 0.4) is 0 Å². The highest BCUT2D eigenvalue weighted by Gasteiger charge is 2.03. The van der Waals surface area contributed by atoms with Gasteiger partial charge in [-0.05, 0) is 18.4 Å². The minimum Gasteiger partial charge on any atom is -0.336 e. The van der Waals surface area contributed by atoms with Crippen LogP contribution in [-0.4, -0.2) is 28.2 Å². The summed E-state index contributed by atoms with van der Waals surface area (Å²) in [5.41, 5.74) is 0.442. The number of hydrogen-bond donors (Lipinski definition) is 0. The van der Waals surface area contributed by atoms with Crippen LogP contribution in [0.2, 0.25) is 5.02 Å². The first kappa shape index (κ1) is 14.5. The first-order valence-electron chi connectivity index (χ1n) is 5.56. The fraction of sp³-hybridized carbons (Fsp3) is 0.0769. The van der Waals surface area contributed by atoms with Gasteiger partial charge in [0, 0.05) is 22.8 Å². The van der Waals surface area contributed by atoms with E-state index in [1.807, 2.05) is 6.26 Å². The maximum Gasteiger partial charge on any atom is 0.252 e. The molecule has 0 saturated carbocycles. The Kier molecular flexibility index (Phi) is 5.09. The van der Waals surface area contributed by atoms with E-state index in [1.165, 1.54) is 11.8 Å². The number of benzene rings is 1. The van der Waals surface area contributed by atoms with E-state index in [1.54, 1.807) is 36.5 Å². The Hall–Kier alpha value is -1.92. The number of Topliss-reactive ketones (excluding diaryl/α,β-unsaturated/α-hetero) is 1. The SMILES string of the molecule is CSc1nccc(O/N=C/C(=O)c2cccc(Cl)c2)n1. The second-order valence-electron chi connectivity index (χ2n) is 3.58. The lowest BCUT2D eigenvalue weighted by molar-refractivity contribution is 0.106. The molecule has 7 heteroatoms. The standard InChI is InChI=1S/C13H10ClN3O2S/c1-20-13-15-6-5-12(17-13)19-16-8-11(18)9-3-2-4-10(14)7-9/h2-8H,1H3/b16-8+. The van der Waals surface area contributed by atoms with Crippen LogP contribution >= 0.6 is 23.4 Å². The first-order chi connectivity index (χ1) is 9.69. The van der Waals surface area contributed by atoms with Gasteiger partial charge >= 0.3 is 0 Å². The summed E-state index contributed by atoms with van der Waals surface area (Å²) < 4.78 is 0. The van der Waals surface area contributed by atoms with E-state index in [4.69, 9.17) is 16.4 Å². The van der Waals surface area contributed by atoms with E-state index in [9.17, 15) is 4.79 Å². The van der Waals surface area contributed by atoms with Crippen molar-refractivity contribution in [1.29, 1.82) is 0 Å². The highest BCUT2D eigenvalue weighted by atomic mass is 35.5. The topological polar surface area (TPSA) is 64.4 Å². The lowest BCUT2D eigenvalue weighted by Crippen LogP contribution is -2.01. The molecule has 102 valence electrons. The zero-order valence-corrected chi connectivity index (χ0v) is 12.1. The molecule has 1 aromatic heterocycles. The Labute approximate surface area is 125 Å². The predicted octanol–water partition coefficient (Wildman–Crippen LogP) is 3.10. The zero-order valence-electron chi connectivity index (χ0n) is 10.5. The highest BCUT2D eigenvalue weighted by Crippen LogP contribution is 2.13. The van der Waals surface area contributed by atoms with Gasteiger partial charge in [0.25, 0.3) is 5.88 Å². The van der Waals surface area contributed by atoms with Crippen LogP contribution in [0.5, 0.6) is 5.88 Å². The number of halogens is 1. The maximum atomic E-state index is 11.8. The van der Waals surface area contributed by atoms with Crippen molar-refractivity contribution in [2.24, 2.45) is 5.16 Å². The molecule has 20 heavy (non-hydrogen) atoms. The summed E-state index contributed by atoms with van der Waals surface area (Å²) in [6, 6.07) is 8.15. The number of thioether (sulfide) groups is 1. The smallest absolute Gasteiger partial charge is 0.252 e. The fourth-order valence-corrected chi connectivity index (χ4v) is 1.86. The molecule has 0 atom stereocenters. The molecule has 2 aromatic rings. The number of rotatable bonds is 5. The van der Waals surface area contributed by atoms with Gasteiger partial charge in [0.15, 0.2) is 5.16 Å². The van der Waals surface area contributed by atoms with Crippen LogP contribution in [0.15, 0.2) is 46.8 Å². The summed E-state index contributed by atoms with van der Waals surface area (Å²) in [5, 5.41) is 4.67.